The summed E-state index contributed by atoms with van der Waals surface area (Å²) in [6, 6.07) is 12.2. The summed E-state index contributed by atoms with van der Waals surface area (Å²) in [5.41, 5.74) is 0.616. The lowest BCUT2D eigenvalue weighted by atomic mass is 9.96. The molecule has 0 spiro atoms. The molecule has 2 saturated heterocycles. The van der Waals surface area contributed by atoms with E-state index in [4.69, 9.17) is 9.57 Å². The fourth-order valence-corrected chi connectivity index (χ4v) is 6.83. The number of carbonyl (C=O) groups is 8. The van der Waals surface area contributed by atoms with Crippen LogP contribution in [0.2, 0.25) is 0 Å². The summed E-state index contributed by atoms with van der Waals surface area (Å²) in [5.74, 6) is -5.60. The molecular formula is C43H58N6O10. The van der Waals surface area contributed by atoms with E-state index < -0.39 is 95.2 Å². The number of rotatable bonds is 17. The molecule has 2 aromatic carbocycles. The van der Waals surface area contributed by atoms with Crippen LogP contribution in [0.15, 0.2) is 60.7 Å². The highest BCUT2D eigenvalue weighted by Crippen LogP contribution is 2.22. The number of ether oxygens (including phenoxy) is 1. The van der Waals surface area contributed by atoms with E-state index in [-0.39, 0.29) is 32.2 Å². The molecule has 59 heavy (non-hydrogen) atoms. The number of nitrogens with one attached hydrogen (secondary N) is 4. The minimum atomic E-state index is -1.33. The van der Waals surface area contributed by atoms with Crippen LogP contribution in [0.1, 0.15) is 91.7 Å². The third kappa shape index (κ3) is 13.1. The Morgan fingerprint density at radius 1 is 0.746 bits per heavy atom. The Bertz CT molecular complexity index is 1820. The molecule has 0 aromatic heterocycles. The van der Waals surface area contributed by atoms with Gasteiger partial charge in [0.25, 0.3) is 11.8 Å². The number of hydroxylamine groups is 2. The Hall–Kier alpha value is -5.80. The molecule has 7 amide bonds. The maximum Gasteiger partial charge on any atom is 0.408 e. The zero-order valence-corrected chi connectivity index (χ0v) is 34.9. The number of benzene rings is 2. The van der Waals surface area contributed by atoms with Crippen molar-refractivity contribution < 1.29 is 47.9 Å². The highest BCUT2D eigenvalue weighted by atomic mass is 16.7. The molecule has 16 nitrogen and oxygen atoms in total. The molecule has 4 N–H and O–H groups in total. The van der Waals surface area contributed by atoms with Gasteiger partial charge in [0, 0.05) is 32.2 Å². The van der Waals surface area contributed by atoms with Gasteiger partial charge in [0.05, 0.1) is 0 Å². The number of nitrogens with zero attached hydrogens (tertiary/aromatic N) is 2. The number of imide groups is 1. The van der Waals surface area contributed by atoms with Gasteiger partial charge in [-0.15, -0.1) is 5.06 Å². The van der Waals surface area contributed by atoms with Gasteiger partial charge in [0.2, 0.25) is 23.6 Å². The predicted octanol–water partition coefficient (Wildman–Crippen LogP) is 3.12. The summed E-state index contributed by atoms with van der Waals surface area (Å²) in [5, 5.41) is 11.4. The average molecular weight is 819 g/mol. The lowest BCUT2D eigenvalue weighted by Crippen LogP contribution is -2.60. The zero-order valence-electron chi connectivity index (χ0n) is 34.9. The molecule has 4 rings (SSSR count). The molecule has 0 radical (unpaired) electrons. The largest absolute Gasteiger partial charge is 0.444 e. The van der Waals surface area contributed by atoms with Crippen molar-refractivity contribution in [1.82, 2.24) is 31.2 Å². The van der Waals surface area contributed by atoms with E-state index in [1.165, 1.54) is 4.90 Å². The molecule has 2 heterocycles. The smallest absolute Gasteiger partial charge is 0.408 e. The van der Waals surface area contributed by atoms with Crippen molar-refractivity contribution in [3.05, 3.63) is 71.8 Å². The van der Waals surface area contributed by atoms with Gasteiger partial charge >= 0.3 is 12.1 Å². The molecule has 2 aromatic rings. The van der Waals surface area contributed by atoms with Crippen molar-refractivity contribution in [2.24, 2.45) is 11.8 Å². The van der Waals surface area contributed by atoms with E-state index in [0.717, 1.165) is 5.56 Å². The molecular weight excluding hydrogens is 761 g/mol. The van der Waals surface area contributed by atoms with Crippen LogP contribution in [-0.2, 0) is 56.0 Å². The van der Waals surface area contributed by atoms with Gasteiger partial charge in [-0.05, 0) is 56.6 Å². The van der Waals surface area contributed by atoms with E-state index in [0.29, 0.717) is 29.9 Å². The number of likely N-dealkylation sites (tertiary alicyclic amines) is 1. The predicted molar refractivity (Wildman–Crippen MR) is 215 cm³/mol. The van der Waals surface area contributed by atoms with E-state index in [1.807, 2.05) is 37.3 Å². The van der Waals surface area contributed by atoms with E-state index in [9.17, 15) is 38.4 Å². The van der Waals surface area contributed by atoms with Crippen LogP contribution in [0.4, 0.5) is 4.79 Å². The molecule has 2 aliphatic rings. The maximum absolute atomic E-state index is 14.3. The summed E-state index contributed by atoms with van der Waals surface area (Å²) < 4.78 is 5.42. The third-order valence-electron chi connectivity index (χ3n) is 10.2. The van der Waals surface area contributed by atoms with Crippen LogP contribution in [0.3, 0.4) is 0 Å². The first-order valence-corrected chi connectivity index (χ1v) is 20.2. The van der Waals surface area contributed by atoms with Crippen LogP contribution in [0, 0.1) is 11.8 Å². The Labute approximate surface area is 345 Å². The fraction of sp³-hybridized carbons (Fsp3) is 0.535. The molecule has 6 atom stereocenters. The first-order chi connectivity index (χ1) is 27.9. The van der Waals surface area contributed by atoms with Crippen LogP contribution >= 0.6 is 0 Å². The number of hydrogen-bond donors (Lipinski definition) is 4. The van der Waals surface area contributed by atoms with Gasteiger partial charge in [-0.3, -0.25) is 28.8 Å². The summed E-state index contributed by atoms with van der Waals surface area (Å²) in [7, 11) is 0. The number of alkyl carbamates (subject to hydrolysis) is 1. The Kier molecular flexibility index (Phi) is 16.1. The fourth-order valence-electron chi connectivity index (χ4n) is 6.83. The maximum atomic E-state index is 14.3. The molecule has 0 unspecified atom stereocenters. The quantitative estimate of drug-likeness (QED) is 0.172. The van der Waals surface area contributed by atoms with Gasteiger partial charge in [0.1, 0.15) is 35.8 Å². The summed E-state index contributed by atoms with van der Waals surface area (Å²) in [6.07, 6.45) is 0.328. The van der Waals surface area contributed by atoms with Crippen molar-refractivity contribution in [2.75, 3.05) is 6.54 Å². The number of amides is 7. The molecule has 2 aliphatic heterocycles. The first-order valence-electron chi connectivity index (χ1n) is 20.2. The summed E-state index contributed by atoms with van der Waals surface area (Å²) >= 11 is 0. The van der Waals surface area contributed by atoms with E-state index in [1.54, 1.807) is 71.9 Å². The average Bonchev–Trinajstić information content (AvgIpc) is 3.81. The second-order valence-corrected chi connectivity index (χ2v) is 16.4. The second-order valence-electron chi connectivity index (χ2n) is 16.4. The van der Waals surface area contributed by atoms with Crippen molar-refractivity contribution in [1.29, 1.82) is 0 Å². The van der Waals surface area contributed by atoms with Crippen molar-refractivity contribution in [3.8, 4) is 0 Å². The SMILES string of the molecule is CC[C@H](C)[C@H](NC(=O)[C@@H]1CCCN1C(=O)[C@@H](NC(=O)[C@H](Cc1ccccc1)NC(=O)OC(C)(C)C)C(C)C)C(=O)N[C@@H](Cc1ccccc1)C(=O)ON1C(=O)CCC1=O. The Balaban J connectivity index is 1.50. The highest BCUT2D eigenvalue weighted by Gasteiger charge is 2.42. The van der Waals surface area contributed by atoms with Gasteiger partial charge in [-0.25, -0.2) is 9.59 Å². The van der Waals surface area contributed by atoms with Crippen molar-refractivity contribution in [3.63, 3.8) is 0 Å². The van der Waals surface area contributed by atoms with Gasteiger partial charge in [-0.1, -0.05) is 94.8 Å². The van der Waals surface area contributed by atoms with Gasteiger partial charge in [-0.2, -0.15) is 0 Å². The van der Waals surface area contributed by atoms with Gasteiger partial charge < -0.3 is 35.7 Å². The Morgan fingerprint density at radius 3 is 1.83 bits per heavy atom. The van der Waals surface area contributed by atoms with Crippen molar-refractivity contribution in [2.45, 2.75) is 129 Å². The minimum Gasteiger partial charge on any atom is -0.444 e. The lowest BCUT2D eigenvalue weighted by molar-refractivity contribution is -0.199. The molecule has 0 aliphatic carbocycles. The topological polar surface area (TPSA) is 210 Å². The standard InChI is InChI=1S/C43H58N6O10/c1-8-27(4)36(39(54)44-31(25-29-18-13-10-14-19-29)41(56)59-49-33(50)21-22-34(49)51)47-38(53)32-20-15-23-48(32)40(55)35(26(2)3)46-37(52)30(24-28-16-11-9-12-17-28)45-42(57)58-43(5,6)7/h9-14,16-19,26-27,30-32,35-36H,8,15,20-25H2,1-7H3,(H,44,54)(H,45,57)(H,46,52)(H,47,53)/t27-,30-,31-,32-,35-,36-/m0/s1. The zero-order chi connectivity index (χ0) is 43.4. The number of carbonyl (C=O) groups excluding carboxylic acids is 8. The highest BCUT2D eigenvalue weighted by molar-refractivity contribution is 6.02. The van der Waals surface area contributed by atoms with E-state index >= 15 is 0 Å². The second kappa shape index (κ2) is 20.8. The van der Waals surface area contributed by atoms with Gasteiger partial charge in [0.15, 0.2) is 0 Å². The monoisotopic (exact) mass is 818 g/mol. The number of hydrogen-bond acceptors (Lipinski definition) is 10. The first kappa shape index (κ1) is 45.9. The third-order valence-corrected chi connectivity index (χ3v) is 10.2. The summed E-state index contributed by atoms with van der Waals surface area (Å²) in [4.78, 5) is 113. The van der Waals surface area contributed by atoms with Crippen LogP contribution in [0.5, 0.6) is 0 Å². The molecule has 0 saturated carbocycles. The van der Waals surface area contributed by atoms with Crippen molar-refractivity contribution >= 4 is 47.5 Å². The normalized spacial score (nSPS) is 18.0. The Morgan fingerprint density at radius 2 is 1.31 bits per heavy atom. The molecule has 0 bridgehead atoms. The van der Waals surface area contributed by atoms with Crippen LogP contribution in [-0.4, -0.2) is 99.8 Å². The molecule has 16 heteroatoms. The molecule has 2 fully saturated rings. The van der Waals surface area contributed by atoms with Crippen LogP contribution < -0.4 is 21.3 Å². The lowest BCUT2D eigenvalue weighted by Gasteiger charge is -2.33. The summed E-state index contributed by atoms with van der Waals surface area (Å²) in [6.45, 7) is 12.5. The van der Waals surface area contributed by atoms with Crippen LogP contribution in [0.25, 0.3) is 0 Å². The minimum absolute atomic E-state index is 0.0322. The molecule has 320 valence electrons. The van der Waals surface area contributed by atoms with E-state index in [2.05, 4.69) is 21.3 Å².